The van der Waals surface area contributed by atoms with E-state index in [4.69, 9.17) is 21.1 Å². The average molecular weight is 755 g/mol. The number of halogens is 1. The first-order valence-corrected chi connectivity index (χ1v) is 19.1. The molecule has 9 nitrogen and oxygen atoms in total. The second-order valence-corrected chi connectivity index (χ2v) is 14.8. The first kappa shape index (κ1) is 36.9. The van der Waals surface area contributed by atoms with Gasteiger partial charge in [0.25, 0.3) is 5.91 Å². The van der Waals surface area contributed by atoms with Gasteiger partial charge in [0, 0.05) is 43.2 Å². The maximum Gasteiger partial charge on any atom is 0.271 e. The van der Waals surface area contributed by atoms with Crippen LogP contribution in [0.25, 0.3) is 22.2 Å². The number of hydrogen-bond acceptors (Lipinski definition) is 8. The molecule has 0 saturated carbocycles. The highest BCUT2D eigenvalue weighted by Gasteiger charge is 2.37. The van der Waals surface area contributed by atoms with E-state index in [1.165, 1.54) is 6.20 Å². The lowest BCUT2D eigenvalue weighted by atomic mass is 9.84. The number of likely N-dealkylation sites (tertiary alicyclic amines) is 1. The molecule has 280 valence electrons. The number of piperidine rings is 1. The number of amides is 1. The first-order valence-electron chi connectivity index (χ1n) is 18.7. The maximum absolute atomic E-state index is 13.1. The molecule has 0 radical (unpaired) electrons. The predicted octanol–water partition coefficient (Wildman–Crippen LogP) is 7.90. The maximum atomic E-state index is 13.1. The Morgan fingerprint density at radius 1 is 0.836 bits per heavy atom. The van der Waals surface area contributed by atoms with Crippen molar-refractivity contribution in [2.24, 2.45) is 0 Å². The summed E-state index contributed by atoms with van der Waals surface area (Å²) < 4.78 is 13.3. The number of para-hydroxylation sites is 2. The van der Waals surface area contributed by atoms with Gasteiger partial charge in [-0.15, -0.1) is 0 Å². The third-order valence-corrected chi connectivity index (χ3v) is 11.0. The molecule has 8 rings (SSSR count). The molecule has 2 saturated heterocycles. The van der Waals surface area contributed by atoms with Gasteiger partial charge in [0.1, 0.15) is 5.69 Å². The number of aliphatic hydroxyl groups excluding tert-OH is 1. The SMILES string of the molecule is O=C(NCc1ccccc1-c1ccc([C@H]2O[C@@H](CN3CCC(O)(c4ccc(Cl)cc4)CC3)C[C@@H](c3ccc(CO)cc3)O2)cc1)c1cnc2ccccc2n1. The standard InChI is InChI=1S/C45H43ClN4O5/c46-36-19-17-35(18-20-36)45(53)21-23-50(24-22-45)28-37-25-42(32-11-9-30(29-51)10-12-32)55-44(54-37)33-15-13-31(14-16-33)38-6-2-1-5-34(38)26-48-43(52)41-27-47-39-7-3-4-8-40(39)49-41/h1-20,27,37,42,44,51,53H,21-26,28-29H2,(H,48,52)/t37-,42+,44+/m1/s1. The van der Waals surface area contributed by atoms with Crippen LogP contribution in [-0.4, -0.2) is 56.7 Å². The van der Waals surface area contributed by atoms with E-state index in [-0.39, 0.29) is 30.4 Å². The fourth-order valence-corrected chi connectivity index (χ4v) is 7.71. The van der Waals surface area contributed by atoms with E-state index >= 15 is 0 Å². The Morgan fingerprint density at radius 3 is 2.27 bits per heavy atom. The van der Waals surface area contributed by atoms with Crippen LogP contribution in [0, 0.1) is 0 Å². The van der Waals surface area contributed by atoms with Crippen molar-refractivity contribution in [1.82, 2.24) is 20.2 Å². The Hall–Kier alpha value is -5.00. The molecule has 0 aliphatic carbocycles. The summed E-state index contributed by atoms with van der Waals surface area (Å²) in [5.74, 6) is -0.285. The minimum Gasteiger partial charge on any atom is -0.392 e. The van der Waals surface area contributed by atoms with Gasteiger partial charge in [-0.3, -0.25) is 9.78 Å². The molecular weight excluding hydrogens is 712 g/mol. The van der Waals surface area contributed by atoms with Gasteiger partial charge in [-0.1, -0.05) is 109 Å². The summed E-state index contributed by atoms with van der Waals surface area (Å²) in [6, 6.07) is 39.1. The number of ether oxygens (including phenoxy) is 2. The van der Waals surface area contributed by atoms with Crippen LogP contribution >= 0.6 is 11.6 Å². The van der Waals surface area contributed by atoms with E-state index < -0.39 is 11.9 Å². The van der Waals surface area contributed by atoms with E-state index in [9.17, 15) is 15.0 Å². The summed E-state index contributed by atoms with van der Waals surface area (Å²) in [6.07, 6.45) is 2.52. The summed E-state index contributed by atoms with van der Waals surface area (Å²) in [7, 11) is 0. The van der Waals surface area contributed by atoms with Gasteiger partial charge in [0.2, 0.25) is 0 Å². The number of aliphatic hydroxyl groups is 2. The molecule has 0 spiro atoms. The van der Waals surface area contributed by atoms with Crippen LogP contribution < -0.4 is 5.32 Å². The summed E-state index contributed by atoms with van der Waals surface area (Å²) in [4.78, 5) is 24.3. The van der Waals surface area contributed by atoms with Crippen LogP contribution in [0.1, 0.15) is 70.0 Å². The largest absolute Gasteiger partial charge is 0.392 e. The highest BCUT2D eigenvalue weighted by Crippen LogP contribution is 2.40. The summed E-state index contributed by atoms with van der Waals surface area (Å²) in [5, 5.41) is 24.8. The monoisotopic (exact) mass is 754 g/mol. The minimum absolute atomic E-state index is 0.0154. The van der Waals surface area contributed by atoms with Gasteiger partial charge in [-0.05, 0) is 70.5 Å². The van der Waals surface area contributed by atoms with Crippen molar-refractivity contribution in [3.63, 3.8) is 0 Å². The van der Waals surface area contributed by atoms with E-state index in [0.717, 1.165) is 57.6 Å². The van der Waals surface area contributed by atoms with Gasteiger partial charge in [-0.2, -0.15) is 0 Å². The zero-order chi connectivity index (χ0) is 37.8. The lowest BCUT2D eigenvalue weighted by Gasteiger charge is -2.42. The highest BCUT2D eigenvalue weighted by atomic mass is 35.5. The molecule has 2 fully saturated rings. The fraction of sp³-hybridized carbons (Fsp3) is 0.267. The first-order chi connectivity index (χ1) is 26.8. The highest BCUT2D eigenvalue weighted by molar-refractivity contribution is 6.30. The molecule has 0 bridgehead atoms. The van der Waals surface area contributed by atoms with E-state index in [1.54, 1.807) is 0 Å². The second-order valence-electron chi connectivity index (χ2n) is 14.4. The van der Waals surface area contributed by atoms with Crippen molar-refractivity contribution < 1.29 is 24.5 Å². The molecule has 10 heteroatoms. The van der Waals surface area contributed by atoms with Gasteiger partial charge < -0.3 is 29.9 Å². The van der Waals surface area contributed by atoms with Crippen LogP contribution in [-0.2, 0) is 28.2 Å². The van der Waals surface area contributed by atoms with Crippen molar-refractivity contribution in [3.8, 4) is 11.1 Å². The number of hydrogen-bond donors (Lipinski definition) is 3. The van der Waals surface area contributed by atoms with E-state index in [1.807, 2.05) is 103 Å². The number of benzene rings is 5. The number of carbonyl (C=O) groups excluding carboxylic acids is 1. The van der Waals surface area contributed by atoms with Crippen LogP contribution in [0.5, 0.6) is 0 Å². The van der Waals surface area contributed by atoms with E-state index in [0.29, 0.717) is 42.9 Å². The summed E-state index contributed by atoms with van der Waals surface area (Å²) >= 11 is 6.11. The molecule has 3 atom stereocenters. The van der Waals surface area contributed by atoms with Gasteiger partial charge in [0.15, 0.2) is 6.29 Å². The normalized spacial score (nSPS) is 19.9. The quantitative estimate of drug-likeness (QED) is 0.129. The van der Waals surface area contributed by atoms with Crippen molar-refractivity contribution in [2.75, 3.05) is 19.6 Å². The number of rotatable bonds is 10. The van der Waals surface area contributed by atoms with Crippen molar-refractivity contribution in [1.29, 1.82) is 0 Å². The molecule has 2 aliphatic rings. The molecule has 1 aromatic heterocycles. The third kappa shape index (κ3) is 8.48. The Kier molecular flexibility index (Phi) is 11.0. The van der Waals surface area contributed by atoms with Crippen molar-refractivity contribution >= 4 is 28.5 Å². The number of carbonyl (C=O) groups is 1. The zero-order valence-electron chi connectivity index (χ0n) is 30.4. The Bertz CT molecular complexity index is 2240. The molecule has 55 heavy (non-hydrogen) atoms. The molecule has 3 heterocycles. The molecule has 5 aromatic carbocycles. The minimum atomic E-state index is -0.880. The Balaban J connectivity index is 0.963. The molecule has 6 aromatic rings. The van der Waals surface area contributed by atoms with Gasteiger partial charge in [-0.25, -0.2) is 4.98 Å². The van der Waals surface area contributed by atoms with E-state index in [2.05, 4.69) is 38.4 Å². The number of nitrogens with zero attached hydrogens (tertiary/aromatic N) is 3. The fourth-order valence-electron chi connectivity index (χ4n) is 7.58. The topological polar surface area (TPSA) is 117 Å². The number of fused-ring (bicyclic) bond motifs is 1. The number of aromatic nitrogens is 2. The number of nitrogens with one attached hydrogen (secondary N) is 1. The Morgan fingerprint density at radius 2 is 1.53 bits per heavy atom. The molecule has 1 amide bonds. The van der Waals surface area contributed by atoms with Crippen LogP contribution in [0.4, 0.5) is 0 Å². The summed E-state index contributed by atoms with van der Waals surface area (Å²) in [6.45, 7) is 2.50. The van der Waals surface area contributed by atoms with Gasteiger partial charge >= 0.3 is 0 Å². The average Bonchev–Trinajstić information content (AvgIpc) is 3.24. The van der Waals surface area contributed by atoms with Crippen LogP contribution in [0.2, 0.25) is 5.02 Å². The molecular formula is C45H43ClN4O5. The third-order valence-electron chi connectivity index (χ3n) is 10.8. The predicted molar refractivity (Wildman–Crippen MR) is 212 cm³/mol. The van der Waals surface area contributed by atoms with Crippen LogP contribution in [0.15, 0.2) is 128 Å². The van der Waals surface area contributed by atoms with Gasteiger partial charge in [0.05, 0.1) is 41.6 Å². The molecule has 2 aliphatic heterocycles. The Labute approximate surface area is 325 Å². The second kappa shape index (κ2) is 16.4. The van der Waals surface area contributed by atoms with Crippen molar-refractivity contribution in [2.45, 2.75) is 56.5 Å². The molecule has 0 unspecified atom stereocenters. The summed E-state index contributed by atoms with van der Waals surface area (Å²) in [5.41, 5.74) is 7.48. The lowest BCUT2D eigenvalue weighted by Crippen LogP contribution is -2.46. The van der Waals surface area contributed by atoms with Crippen molar-refractivity contribution in [3.05, 3.63) is 166 Å². The zero-order valence-corrected chi connectivity index (χ0v) is 31.1. The smallest absolute Gasteiger partial charge is 0.271 e. The lowest BCUT2D eigenvalue weighted by molar-refractivity contribution is -0.253. The van der Waals surface area contributed by atoms with Crippen LogP contribution in [0.3, 0.4) is 0 Å². The molecule has 3 N–H and O–H groups in total.